The van der Waals surface area contributed by atoms with Gasteiger partial charge in [-0.3, -0.25) is 0 Å². The number of hydrogen-bond acceptors (Lipinski definition) is 1. The Labute approximate surface area is 140 Å². The van der Waals surface area contributed by atoms with Crippen LogP contribution in [0.3, 0.4) is 0 Å². The lowest BCUT2D eigenvalue weighted by atomic mass is 10.1. The summed E-state index contributed by atoms with van der Waals surface area (Å²) in [6.45, 7) is 16.6. The van der Waals surface area contributed by atoms with Gasteiger partial charge in [-0.05, 0) is 28.3 Å². The highest BCUT2D eigenvalue weighted by Crippen LogP contribution is 2.40. The number of thioether (sulfide) groups is 1. The predicted molar refractivity (Wildman–Crippen MR) is 105 cm³/mol. The van der Waals surface area contributed by atoms with Gasteiger partial charge in [0.2, 0.25) is 0 Å². The monoisotopic (exact) mass is 326 g/mol. The van der Waals surface area contributed by atoms with Gasteiger partial charge in [0.1, 0.15) is 8.07 Å². The summed E-state index contributed by atoms with van der Waals surface area (Å²) in [5, 5.41) is 3.50. The molecule has 0 heterocycles. The van der Waals surface area contributed by atoms with Crippen molar-refractivity contribution < 1.29 is 0 Å². The van der Waals surface area contributed by atoms with Crippen molar-refractivity contribution in [1.82, 2.24) is 0 Å². The Morgan fingerprint density at radius 2 is 1.24 bits per heavy atom. The fourth-order valence-corrected chi connectivity index (χ4v) is 9.88. The Kier molecular flexibility index (Phi) is 11.7. The van der Waals surface area contributed by atoms with Crippen LogP contribution >= 0.6 is 11.8 Å². The Bertz CT molecular complexity index is 287. The van der Waals surface area contributed by atoms with Crippen LogP contribution in [0, 0.1) is 10.8 Å². The van der Waals surface area contributed by atoms with Gasteiger partial charge in [0.25, 0.3) is 0 Å². The fourth-order valence-electron chi connectivity index (χ4n) is 3.56. The molecule has 0 aromatic rings. The molecule has 0 aliphatic carbocycles. The molecule has 0 saturated heterocycles. The van der Waals surface area contributed by atoms with Gasteiger partial charge >= 0.3 is 0 Å². The van der Waals surface area contributed by atoms with E-state index >= 15 is 0 Å². The van der Waals surface area contributed by atoms with Crippen molar-refractivity contribution in [3.8, 4) is 10.8 Å². The van der Waals surface area contributed by atoms with Crippen LogP contribution in [0.15, 0.2) is 0 Å². The topological polar surface area (TPSA) is 0 Å². The average molecular weight is 327 g/mol. The summed E-state index contributed by atoms with van der Waals surface area (Å²) in [7, 11) is -1.50. The lowest BCUT2D eigenvalue weighted by Crippen LogP contribution is -2.43. The van der Waals surface area contributed by atoms with Gasteiger partial charge in [-0.25, -0.2) is 0 Å². The normalized spacial score (nSPS) is 12.1. The molecule has 21 heavy (non-hydrogen) atoms. The summed E-state index contributed by atoms with van der Waals surface area (Å²) < 4.78 is 0. The smallest absolute Gasteiger partial charge is 0.119 e. The van der Waals surface area contributed by atoms with Gasteiger partial charge in [-0.2, -0.15) is 0 Å². The van der Waals surface area contributed by atoms with Crippen LogP contribution < -0.4 is 0 Å². The van der Waals surface area contributed by atoms with Crippen LogP contribution in [0.25, 0.3) is 0 Å². The SMILES string of the molecule is CCCCCCCCSC#C[Si](C(C)C)(C(C)C)C(C)C. The van der Waals surface area contributed by atoms with Gasteiger partial charge < -0.3 is 0 Å². The third-order valence-corrected chi connectivity index (χ3v) is 12.0. The molecular weight excluding hydrogens is 288 g/mol. The van der Waals surface area contributed by atoms with Gasteiger partial charge in [-0.15, -0.1) is 5.54 Å². The average Bonchev–Trinajstić information content (AvgIpc) is 2.39. The second-order valence-corrected chi connectivity index (χ2v) is 13.7. The molecule has 0 fully saturated rings. The summed E-state index contributed by atoms with van der Waals surface area (Å²) >= 11 is 1.87. The van der Waals surface area contributed by atoms with Crippen LogP contribution in [0.5, 0.6) is 0 Å². The minimum atomic E-state index is -1.50. The maximum absolute atomic E-state index is 3.79. The molecule has 0 amide bonds. The Morgan fingerprint density at radius 1 is 0.762 bits per heavy atom. The van der Waals surface area contributed by atoms with E-state index < -0.39 is 8.07 Å². The van der Waals surface area contributed by atoms with Gasteiger partial charge in [0, 0.05) is 5.75 Å². The summed E-state index contributed by atoms with van der Waals surface area (Å²) in [4.78, 5) is 0. The maximum atomic E-state index is 3.79. The first kappa shape index (κ1) is 21.1. The molecule has 124 valence electrons. The van der Waals surface area contributed by atoms with Crippen molar-refractivity contribution in [2.24, 2.45) is 0 Å². The molecule has 0 aromatic carbocycles. The van der Waals surface area contributed by atoms with E-state index in [9.17, 15) is 0 Å². The first-order valence-electron chi connectivity index (χ1n) is 9.03. The van der Waals surface area contributed by atoms with E-state index in [0.717, 1.165) is 16.6 Å². The fraction of sp³-hybridized carbons (Fsp3) is 0.895. The zero-order valence-electron chi connectivity index (χ0n) is 15.6. The van der Waals surface area contributed by atoms with Crippen molar-refractivity contribution in [2.75, 3.05) is 5.75 Å². The summed E-state index contributed by atoms with van der Waals surface area (Å²) in [5.41, 5.74) is 6.04. The molecule has 0 spiro atoms. The van der Waals surface area contributed by atoms with E-state index in [0.29, 0.717) is 0 Å². The summed E-state index contributed by atoms with van der Waals surface area (Å²) in [6, 6.07) is 0. The molecule has 0 aliphatic rings. The van der Waals surface area contributed by atoms with Gasteiger partial charge in [0.05, 0.1) is 0 Å². The lowest BCUT2D eigenvalue weighted by Gasteiger charge is -2.37. The number of hydrogen-bond donors (Lipinski definition) is 0. The second kappa shape index (κ2) is 11.7. The van der Waals surface area contributed by atoms with E-state index in [1.165, 1.54) is 44.3 Å². The van der Waals surface area contributed by atoms with Crippen LogP contribution in [0.2, 0.25) is 16.6 Å². The third kappa shape index (κ3) is 7.29. The highest BCUT2D eigenvalue weighted by atomic mass is 32.2. The van der Waals surface area contributed by atoms with Crippen LogP contribution in [-0.4, -0.2) is 13.8 Å². The Hall–Kier alpha value is 0.127. The van der Waals surface area contributed by atoms with Crippen molar-refractivity contribution in [3.63, 3.8) is 0 Å². The molecule has 0 aliphatic heterocycles. The number of rotatable bonds is 10. The van der Waals surface area contributed by atoms with Crippen molar-refractivity contribution in [2.45, 2.75) is 104 Å². The standard InChI is InChI=1S/C19H38SSi/c1-8-9-10-11-12-13-14-20-15-16-21(17(2)3,18(4)5)19(6)7/h17-19H,8-14H2,1-7H3. The quantitative estimate of drug-likeness (QED) is 0.231. The second-order valence-electron chi connectivity index (χ2n) is 7.24. The van der Waals surface area contributed by atoms with E-state index in [2.05, 4.69) is 59.3 Å². The van der Waals surface area contributed by atoms with E-state index in [1.807, 2.05) is 11.8 Å². The van der Waals surface area contributed by atoms with Crippen molar-refractivity contribution in [1.29, 1.82) is 0 Å². The van der Waals surface area contributed by atoms with Gasteiger partial charge in [-0.1, -0.05) is 92.3 Å². The van der Waals surface area contributed by atoms with E-state index in [-0.39, 0.29) is 0 Å². The van der Waals surface area contributed by atoms with Crippen LogP contribution in [0.1, 0.15) is 87.0 Å². The zero-order valence-corrected chi connectivity index (χ0v) is 17.4. The molecule has 0 aromatic heterocycles. The minimum absolute atomic E-state index is 0.750. The molecule has 2 heteroatoms. The summed E-state index contributed by atoms with van der Waals surface area (Å²) in [5.74, 6) is 1.22. The third-order valence-electron chi connectivity index (χ3n) is 4.81. The first-order valence-corrected chi connectivity index (χ1v) is 12.2. The highest BCUT2D eigenvalue weighted by molar-refractivity contribution is 8.03. The Balaban J connectivity index is 4.25. The molecule has 0 radical (unpaired) electrons. The van der Waals surface area contributed by atoms with Gasteiger partial charge in [0.15, 0.2) is 0 Å². The van der Waals surface area contributed by atoms with Crippen molar-refractivity contribution in [3.05, 3.63) is 0 Å². The molecule has 0 unspecified atom stereocenters. The zero-order chi connectivity index (χ0) is 16.3. The summed E-state index contributed by atoms with van der Waals surface area (Å²) in [6.07, 6.45) is 8.28. The minimum Gasteiger partial charge on any atom is -0.119 e. The first-order chi connectivity index (χ1) is 9.89. The van der Waals surface area contributed by atoms with Crippen molar-refractivity contribution >= 4 is 19.8 Å². The maximum Gasteiger partial charge on any atom is 0.147 e. The largest absolute Gasteiger partial charge is 0.147 e. The van der Waals surface area contributed by atoms with Crippen LogP contribution in [-0.2, 0) is 0 Å². The van der Waals surface area contributed by atoms with E-state index in [1.54, 1.807) is 0 Å². The lowest BCUT2D eigenvalue weighted by molar-refractivity contribution is 0.627. The number of unbranched alkanes of at least 4 members (excludes halogenated alkanes) is 5. The van der Waals surface area contributed by atoms with E-state index in [4.69, 9.17) is 0 Å². The molecule has 0 N–H and O–H groups in total. The molecule has 0 saturated carbocycles. The molecule has 0 rings (SSSR count). The Morgan fingerprint density at radius 3 is 1.71 bits per heavy atom. The molecule has 0 atom stereocenters. The van der Waals surface area contributed by atoms with Crippen LogP contribution in [0.4, 0.5) is 0 Å². The highest BCUT2D eigenvalue weighted by Gasteiger charge is 2.41. The molecule has 0 bridgehead atoms. The molecule has 0 nitrogen and oxygen atoms in total. The predicted octanol–water partition coefficient (Wildman–Crippen LogP) is 7.26. The molecular formula is C19H38SSi.